The fourth-order valence-corrected chi connectivity index (χ4v) is 1.69. The van der Waals surface area contributed by atoms with Crippen molar-refractivity contribution >= 4 is 5.82 Å². The molecule has 102 valence electrons. The lowest BCUT2D eigenvalue weighted by atomic mass is 10.1. The van der Waals surface area contributed by atoms with Gasteiger partial charge in [0.15, 0.2) is 23.7 Å². The van der Waals surface area contributed by atoms with Crippen LogP contribution in [0.15, 0.2) is 24.3 Å². The molecule has 20 heavy (non-hydrogen) atoms. The summed E-state index contributed by atoms with van der Waals surface area (Å²) in [6.07, 6.45) is -1.83. The summed E-state index contributed by atoms with van der Waals surface area (Å²) < 4.78 is 4.95. The van der Waals surface area contributed by atoms with E-state index in [-0.39, 0.29) is 23.1 Å². The monoisotopic (exact) mass is 272 g/mol. The number of hydrogen-bond acceptors (Lipinski definition) is 7. The van der Waals surface area contributed by atoms with Crippen molar-refractivity contribution in [2.45, 2.75) is 6.29 Å². The highest BCUT2D eigenvalue weighted by molar-refractivity contribution is 5.61. The molecule has 0 atom stereocenters. The van der Waals surface area contributed by atoms with E-state index in [2.05, 4.69) is 9.97 Å². The summed E-state index contributed by atoms with van der Waals surface area (Å²) in [7, 11) is 1.34. The standard InChI is InChI=1S/C13H12N4O3/c1-20-10-9(13(18)19)16-12(17-11(10)15)8-4-2-7(6-14)3-5-8/h2-5,13,18-19H,1H3,(H2,15,16,17). The van der Waals surface area contributed by atoms with Gasteiger partial charge in [-0.2, -0.15) is 5.26 Å². The van der Waals surface area contributed by atoms with Crippen molar-refractivity contribution in [3.8, 4) is 23.2 Å². The van der Waals surface area contributed by atoms with E-state index >= 15 is 0 Å². The van der Waals surface area contributed by atoms with Gasteiger partial charge in [0, 0.05) is 5.56 Å². The minimum Gasteiger partial charge on any atom is -0.491 e. The Morgan fingerprint density at radius 2 is 1.90 bits per heavy atom. The molecule has 0 aliphatic carbocycles. The van der Waals surface area contributed by atoms with Crippen LogP contribution < -0.4 is 10.5 Å². The third-order valence-electron chi connectivity index (χ3n) is 2.64. The Bertz CT molecular complexity index is 663. The van der Waals surface area contributed by atoms with Crippen molar-refractivity contribution in [3.63, 3.8) is 0 Å². The molecular formula is C13H12N4O3. The zero-order valence-electron chi connectivity index (χ0n) is 10.6. The lowest BCUT2D eigenvalue weighted by Crippen LogP contribution is -2.08. The fraction of sp³-hybridized carbons (Fsp3) is 0.154. The Kier molecular flexibility index (Phi) is 3.79. The Morgan fingerprint density at radius 3 is 2.40 bits per heavy atom. The average Bonchev–Trinajstić information content (AvgIpc) is 2.46. The second kappa shape index (κ2) is 5.52. The predicted molar refractivity (Wildman–Crippen MR) is 70.3 cm³/mol. The van der Waals surface area contributed by atoms with E-state index < -0.39 is 6.29 Å². The molecule has 1 heterocycles. The molecule has 0 saturated heterocycles. The number of hydrogen-bond donors (Lipinski definition) is 3. The van der Waals surface area contributed by atoms with Gasteiger partial charge in [-0.3, -0.25) is 0 Å². The van der Waals surface area contributed by atoms with Gasteiger partial charge in [0.25, 0.3) is 0 Å². The number of nitrogens with zero attached hydrogens (tertiary/aromatic N) is 3. The van der Waals surface area contributed by atoms with Crippen LogP contribution in [0.5, 0.6) is 5.75 Å². The predicted octanol–water partition coefficient (Wildman–Crippen LogP) is 0.589. The van der Waals surface area contributed by atoms with Gasteiger partial charge < -0.3 is 20.7 Å². The molecule has 7 nitrogen and oxygen atoms in total. The maximum absolute atomic E-state index is 9.30. The quantitative estimate of drug-likeness (QED) is 0.698. The maximum Gasteiger partial charge on any atom is 0.200 e. The topological polar surface area (TPSA) is 125 Å². The number of aliphatic hydroxyl groups is 2. The molecule has 0 radical (unpaired) electrons. The van der Waals surface area contributed by atoms with Crippen molar-refractivity contribution < 1.29 is 14.9 Å². The van der Waals surface area contributed by atoms with Crippen molar-refractivity contribution in [2.24, 2.45) is 0 Å². The molecule has 0 fully saturated rings. The first kappa shape index (κ1) is 13.7. The van der Waals surface area contributed by atoms with Gasteiger partial charge in [0.2, 0.25) is 0 Å². The molecule has 2 aromatic rings. The van der Waals surface area contributed by atoms with Crippen LogP contribution in [-0.2, 0) is 0 Å². The Morgan fingerprint density at radius 1 is 1.25 bits per heavy atom. The van der Waals surface area contributed by atoms with Crippen LogP contribution in [0.1, 0.15) is 17.5 Å². The molecule has 0 bridgehead atoms. The molecule has 1 aromatic heterocycles. The third kappa shape index (κ3) is 2.51. The molecule has 4 N–H and O–H groups in total. The zero-order chi connectivity index (χ0) is 14.7. The first-order valence-corrected chi connectivity index (χ1v) is 5.65. The number of nitrogens with two attached hydrogens (primary N) is 1. The van der Waals surface area contributed by atoms with Crippen LogP contribution in [-0.4, -0.2) is 27.3 Å². The van der Waals surface area contributed by atoms with Crippen LogP contribution in [0.25, 0.3) is 11.4 Å². The molecule has 0 saturated carbocycles. The molecule has 2 rings (SSSR count). The van der Waals surface area contributed by atoms with Crippen molar-refractivity contribution in [1.82, 2.24) is 9.97 Å². The van der Waals surface area contributed by atoms with E-state index in [4.69, 9.17) is 15.7 Å². The Labute approximate surface area is 114 Å². The zero-order valence-corrected chi connectivity index (χ0v) is 10.6. The summed E-state index contributed by atoms with van der Waals surface area (Å²) in [4.78, 5) is 8.08. The number of aliphatic hydroxyl groups excluding tert-OH is 1. The van der Waals surface area contributed by atoms with Crippen LogP contribution in [0.2, 0.25) is 0 Å². The summed E-state index contributed by atoms with van der Waals surface area (Å²) in [6, 6.07) is 8.50. The van der Waals surface area contributed by atoms with Crippen LogP contribution in [0.4, 0.5) is 5.82 Å². The van der Waals surface area contributed by atoms with E-state index in [1.165, 1.54) is 7.11 Å². The highest BCUT2D eigenvalue weighted by atomic mass is 16.5. The average molecular weight is 272 g/mol. The SMILES string of the molecule is COc1c(N)nc(-c2ccc(C#N)cc2)nc1C(O)O. The third-order valence-corrected chi connectivity index (χ3v) is 2.64. The minimum atomic E-state index is -1.83. The van der Waals surface area contributed by atoms with E-state index in [0.717, 1.165) is 0 Å². The van der Waals surface area contributed by atoms with Gasteiger partial charge in [-0.25, -0.2) is 9.97 Å². The number of nitriles is 1. The Balaban J connectivity index is 2.54. The normalized spacial score (nSPS) is 10.3. The number of rotatable bonds is 3. The first-order valence-electron chi connectivity index (χ1n) is 5.65. The van der Waals surface area contributed by atoms with Crippen LogP contribution in [0.3, 0.4) is 0 Å². The number of methoxy groups -OCH3 is 1. The number of nitrogen functional groups attached to an aromatic ring is 1. The van der Waals surface area contributed by atoms with Crippen LogP contribution in [0, 0.1) is 11.3 Å². The second-order valence-electron chi connectivity index (χ2n) is 3.91. The number of anilines is 1. The van der Waals surface area contributed by atoms with E-state index in [9.17, 15) is 10.2 Å². The van der Waals surface area contributed by atoms with Crippen LogP contribution >= 0.6 is 0 Å². The number of benzene rings is 1. The summed E-state index contributed by atoms with van der Waals surface area (Å²) in [5.74, 6) is 0.248. The molecule has 1 aromatic carbocycles. The second-order valence-corrected chi connectivity index (χ2v) is 3.91. The maximum atomic E-state index is 9.30. The Hall–Kier alpha value is -2.69. The molecule has 7 heteroatoms. The largest absolute Gasteiger partial charge is 0.491 e. The summed E-state index contributed by atoms with van der Waals surface area (Å²) in [5.41, 5.74) is 6.70. The van der Waals surface area contributed by atoms with Gasteiger partial charge in [-0.05, 0) is 24.3 Å². The van der Waals surface area contributed by atoms with Gasteiger partial charge >= 0.3 is 0 Å². The molecule has 0 unspecified atom stereocenters. The first-order chi connectivity index (χ1) is 9.56. The highest BCUT2D eigenvalue weighted by Gasteiger charge is 2.18. The molecule has 0 amide bonds. The van der Waals surface area contributed by atoms with Crippen molar-refractivity contribution in [2.75, 3.05) is 12.8 Å². The lowest BCUT2D eigenvalue weighted by Gasteiger charge is -2.12. The smallest absolute Gasteiger partial charge is 0.200 e. The fourth-order valence-electron chi connectivity index (χ4n) is 1.69. The lowest BCUT2D eigenvalue weighted by molar-refractivity contribution is -0.0473. The van der Waals surface area contributed by atoms with Crippen molar-refractivity contribution in [3.05, 3.63) is 35.5 Å². The van der Waals surface area contributed by atoms with Crippen molar-refractivity contribution in [1.29, 1.82) is 5.26 Å². The van der Waals surface area contributed by atoms with E-state index in [0.29, 0.717) is 11.1 Å². The molecule has 0 spiro atoms. The number of ether oxygens (including phenoxy) is 1. The van der Waals surface area contributed by atoms with E-state index in [1.807, 2.05) is 6.07 Å². The van der Waals surface area contributed by atoms with E-state index in [1.54, 1.807) is 24.3 Å². The van der Waals surface area contributed by atoms with Gasteiger partial charge in [0.05, 0.1) is 18.7 Å². The highest BCUT2D eigenvalue weighted by Crippen LogP contribution is 2.29. The van der Waals surface area contributed by atoms with Gasteiger partial charge in [-0.15, -0.1) is 0 Å². The van der Waals surface area contributed by atoms with Gasteiger partial charge in [0.1, 0.15) is 5.69 Å². The molecule has 0 aliphatic heterocycles. The summed E-state index contributed by atoms with van der Waals surface area (Å²) in [5, 5.41) is 27.3. The molecule has 0 aliphatic rings. The molecular weight excluding hydrogens is 260 g/mol. The summed E-state index contributed by atoms with van der Waals surface area (Å²) >= 11 is 0. The number of aromatic nitrogens is 2. The van der Waals surface area contributed by atoms with Gasteiger partial charge in [-0.1, -0.05) is 0 Å². The minimum absolute atomic E-state index is 0.00459. The summed E-state index contributed by atoms with van der Waals surface area (Å²) in [6.45, 7) is 0.